The number of methoxy groups -OCH3 is 1. The van der Waals surface area contributed by atoms with E-state index in [0.29, 0.717) is 6.42 Å². The van der Waals surface area contributed by atoms with E-state index in [2.05, 4.69) is 10.1 Å². The molecule has 0 atom stereocenters. The van der Waals surface area contributed by atoms with E-state index >= 15 is 0 Å². The molecule has 5 heteroatoms. The smallest absolute Gasteiger partial charge is 0.306 e. The number of hydrogen-bond acceptors (Lipinski definition) is 4. The zero-order chi connectivity index (χ0) is 10.7. The average molecular weight is 207 g/mol. The van der Waals surface area contributed by atoms with E-state index in [9.17, 15) is 9.59 Å². The first-order valence-corrected chi connectivity index (χ1v) is 5.21. The van der Waals surface area contributed by atoms with Crippen molar-refractivity contribution in [1.29, 1.82) is 0 Å². The van der Waals surface area contributed by atoms with Crippen molar-refractivity contribution in [3.05, 3.63) is 0 Å². The molecule has 0 bridgehead atoms. The van der Waals surface area contributed by atoms with Crippen molar-refractivity contribution in [2.45, 2.75) is 13.3 Å². The van der Waals surface area contributed by atoms with Crippen molar-refractivity contribution in [3.8, 4) is 0 Å². The van der Waals surface area contributed by atoms with E-state index in [0.717, 1.165) is 5.75 Å². The number of amides is 1. The Bertz CT molecular complexity index is 150. The topological polar surface area (TPSA) is 55.4 Å². The van der Waals surface area contributed by atoms with E-state index < -0.39 is 0 Å². The molecule has 4 nitrogen and oxygen atoms in total. The Morgan fingerprint density at radius 1 is 1.46 bits per heavy atom. The molecule has 0 aromatic heterocycles. The molecule has 0 aliphatic rings. The highest BCUT2D eigenvalue weighted by Gasteiger charge is 1.95. The first kappa shape index (κ1) is 14.8. The van der Waals surface area contributed by atoms with Crippen LogP contribution in [0, 0.1) is 0 Å². The van der Waals surface area contributed by atoms with Crippen LogP contribution in [0.2, 0.25) is 0 Å². The van der Waals surface area contributed by atoms with Gasteiger partial charge in [0, 0.05) is 19.7 Å². The van der Waals surface area contributed by atoms with Crippen LogP contribution in [-0.4, -0.2) is 38.0 Å². The zero-order valence-corrected chi connectivity index (χ0v) is 9.36. The van der Waals surface area contributed by atoms with Crippen LogP contribution in [-0.2, 0) is 14.3 Å². The third-order valence-corrected chi connectivity index (χ3v) is 1.70. The van der Waals surface area contributed by atoms with E-state index in [4.69, 9.17) is 0 Å². The van der Waals surface area contributed by atoms with Crippen LogP contribution in [0.5, 0.6) is 0 Å². The number of ether oxygens (including phenoxy) is 1. The number of thioether (sulfide) groups is 1. The molecule has 0 saturated heterocycles. The van der Waals surface area contributed by atoms with E-state index in [1.807, 2.05) is 6.26 Å². The van der Waals surface area contributed by atoms with Crippen molar-refractivity contribution < 1.29 is 14.3 Å². The second-order valence-corrected chi connectivity index (χ2v) is 3.11. The fourth-order valence-corrected chi connectivity index (χ4v) is 0.658. The normalized spacial score (nSPS) is 8.00. The van der Waals surface area contributed by atoms with Gasteiger partial charge < -0.3 is 10.1 Å². The summed E-state index contributed by atoms with van der Waals surface area (Å²) in [4.78, 5) is 20.0. The SMILES string of the molecule is CNC(C)=O.COC(=O)CCSC. The van der Waals surface area contributed by atoms with Crippen LogP contribution in [0.3, 0.4) is 0 Å². The second kappa shape index (κ2) is 11.3. The highest BCUT2D eigenvalue weighted by atomic mass is 32.2. The Kier molecular flexibility index (Phi) is 12.8. The first-order valence-electron chi connectivity index (χ1n) is 3.82. The summed E-state index contributed by atoms with van der Waals surface area (Å²) in [5.41, 5.74) is 0. The van der Waals surface area contributed by atoms with Gasteiger partial charge in [0.15, 0.2) is 0 Å². The van der Waals surface area contributed by atoms with Gasteiger partial charge in [-0.2, -0.15) is 11.8 Å². The van der Waals surface area contributed by atoms with E-state index in [1.54, 1.807) is 18.8 Å². The molecule has 0 heterocycles. The molecule has 1 amide bonds. The maximum Gasteiger partial charge on any atom is 0.306 e. The van der Waals surface area contributed by atoms with Crippen LogP contribution in [0.15, 0.2) is 0 Å². The molecular weight excluding hydrogens is 190 g/mol. The largest absolute Gasteiger partial charge is 0.469 e. The molecule has 0 aromatic carbocycles. The molecule has 0 rings (SSSR count). The van der Waals surface area contributed by atoms with Crippen LogP contribution in [0.4, 0.5) is 0 Å². The summed E-state index contributed by atoms with van der Waals surface area (Å²) in [6.07, 6.45) is 2.49. The standard InChI is InChI=1S/C5H10O2S.C3H7NO/c1-7-5(6)3-4-8-2;1-3(5)4-2/h3-4H2,1-2H3;1-2H3,(H,4,5). The van der Waals surface area contributed by atoms with Crippen molar-refractivity contribution in [2.24, 2.45) is 0 Å². The fraction of sp³-hybridized carbons (Fsp3) is 0.750. The molecule has 1 N–H and O–H groups in total. The maximum atomic E-state index is 10.3. The molecule has 0 aliphatic heterocycles. The minimum atomic E-state index is -0.126. The predicted octanol–water partition coefficient (Wildman–Crippen LogP) is 0.665. The number of nitrogens with one attached hydrogen (secondary N) is 1. The molecular formula is C8H17NO3S. The Balaban J connectivity index is 0. The second-order valence-electron chi connectivity index (χ2n) is 2.13. The van der Waals surface area contributed by atoms with Gasteiger partial charge in [0.25, 0.3) is 0 Å². The third kappa shape index (κ3) is 18.3. The van der Waals surface area contributed by atoms with Gasteiger partial charge in [-0.15, -0.1) is 0 Å². The molecule has 0 radical (unpaired) electrons. The minimum Gasteiger partial charge on any atom is -0.469 e. The van der Waals surface area contributed by atoms with Crippen molar-refractivity contribution in [3.63, 3.8) is 0 Å². The van der Waals surface area contributed by atoms with Gasteiger partial charge in [0.1, 0.15) is 0 Å². The predicted molar refractivity (Wildman–Crippen MR) is 54.8 cm³/mol. The van der Waals surface area contributed by atoms with Gasteiger partial charge in [0.05, 0.1) is 13.5 Å². The monoisotopic (exact) mass is 207 g/mol. The molecule has 0 spiro atoms. The Labute approximate surface area is 83.4 Å². The maximum absolute atomic E-state index is 10.3. The molecule has 0 aliphatic carbocycles. The molecule has 0 saturated carbocycles. The molecule has 0 fully saturated rings. The lowest BCUT2D eigenvalue weighted by Gasteiger charge is -1.93. The van der Waals surface area contributed by atoms with Gasteiger partial charge in [-0.3, -0.25) is 9.59 Å². The van der Waals surface area contributed by atoms with Crippen molar-refractivity contribution >= 4 is 23.6 Å². The zero-order valence-electron chi connectivity index (χ0n) is 8.55. The van der Waals surface area contributed by atoms with Crippen molar-refractivity contribution in [1.82, 2.24) is 5.32 Å². The Morgan fingerprint density at radius 2 is 1.92 bits per heavy atom. The number of hydrogen-bond donors (Lipinski definition) is 1. The summed E-state index contributed by atoms with van der Waals surface area (Å²) in [6.45, 7) is 1.47. The van der Waals surface area contributed by atoms with Gasteiger partial charge in [-0.05, 0) is 6.26 Å². The summed E-state index contributed by atoms with van der Waals surface area (Å²) < 4.78 is 4.40. The molecule has 0 aromatic rings. The summed E-state index contributed by atoms with van der Waals surface area (Å²) in [6, 6.07) is 0. The van der Waals surface area contributed by atoms with Crippen LogP contribution in [0.25, 0.3) is 0 Å². The minimum absolute atomic E-state index is 0.00463. The van der Waals surface area contributed by atoms with Crippen LogP contribution in [0.1, 0.15) is 13.3 Å². The summed E-state index contributed by atoms with van der Waals surface area (Å²) in [7, 11) is 3.00. The van der Waals surface area contributed by atoms with Crippen molar-refractivity contribution in [2.75, 3.05) is 26.2 Å². The number of carbonyl (C=O) groups is 2. The van der Waals surface area contributed by atoms with Gasteiger partial charge in [-0.1, -0.05) is 0 Å². The van der Waals surface area contributed by atoms with E-state index in [1.165, 1.54) is 14.0 Å². The Hall–Kier alpha value is -0.710. The summed E-state index contributed by atoms with van der Waals surface area (Å²) >= 11 is 1.64. The highest BCUT2D eigenvalue weighted by molar-refractivity contribution is 7.98. The van der Waals surface area contributed by atoms with Gasteiger partial charge in [0.2, 0.25) is 5.91 Å². The summed E-state index contributed by atoms with van der Waals surface area (Å²) in [5.74, 6) is 0.733. The Morgan fingerprint density at radius 3 is 2.15 bits per heavy atom. The summed E-state index contributed by atoms with van der Waals surface area (Å²) in [5, 5.41) is 2.39. The van der Waals surface area contributed by atoms with Gasteiger partial charge in [-0.25, -0.2) is 0 Å². The van der Waals surface area contributed by atoms with Crippen LogP contribution < -0.4 is 5.32 Å². The highest BCUT2D eigenvalue weighted by Crippen LogP contribution is 1.95. The van der Waals surface area contributed by atoms with Gasteiger partial charge >= 0.3 is 5.97 Å². The molecule has 13 heavy (non-hydrogen) atoms. The molecule has 0 unspecified atom stereocenters. The number of rotatable bonds is 3. The average Bonchev–Trinajstić information content (AvgIpc) is 2.15. The van der Waals surface area contributed by atoms with Crippen LogP contribution >= 0.6 is 11.8 Å². The quantitative estimate of drug-likeness (QED) is 0.691. The molecule has 78 valence electrons. The lowest BCUT2D eigenvalue weighted by atomic mass is 10.5. The lowest BCUT2D eigenvalue weighted by Crippen LogP contribution is -2.11. The third-order valence-electron chi connectivity index (χ3n) is 1.09. The van der Waals surface area contributed by atoms with E-state index in [-0.39, 0.29) is 11.9 Å². The number of esters is 1. The lowest BCUT2D eigenvalue weighted by molar-refractivity contribution is -0.140. The number of carbonyl (C=O) groups excluding carboxylic acids is 2. The first-order chi connectivity index (χ1) is 6.08. The fourth-order valence-electron chi connectivity index (χ4n) is 0.287.